The van der Waals surface area contributed by atoms with Crippen molar-refractivity contribution in [1.82, 2.24) is 9.78 Å². The summed E-state index contributed by atoms with van der Waals surface area (Å²) in [6, 6.07) is 5.96. The number of carbonyl (C=O) groups is 1. The van der Waals surface area contributed by atoms with Crippen LogP contribution in [-0.4, -0.2) is 28.3 Å². The van der Waals surface area contributed by atoms with Crippen LogP contribution in [0.4, 0.5) is 5.69 Å². The largest absolute Gasteiger partial charge is 0.487 e. The molecule has 0 saturated carbocycles. The van der Waals surface area contributed by atoms with Crippen molar-refractivity contribution in [1.29, 1.82) is 0 Å². The van der Waals surface area contributed by atoms with Gasteiger partial charge in [0.15, 0.2) is 0 Å². The van der Waals surface area contributed by atoms with E-state index in [2.05, 4.69) is 12.0 Å². The summed E-state index contributed by atoms with van der Waals surface area (Å²) in [5.41, 5.74) is 3.42. The average molecular weight is 327 g/mol. The van der Waals surface area contributed by atoms with Crippen molar-refractivity contribution < 1.29 is 9.53 Å². The van der Waals surface area contributed by atoms with Gasteiger partial charge in [-0.2, -0.15) is 5.10 Å². The number of anilines is 1. The van der Waals surface area contributed by atoms with Crippen LogP contribution in [0.25, 0.3) is 0 Å². The lowest BCUT2D eigenvalue weighted by atomic mass is 10.1. The number of aromatic nitrogens is 2. The molecule has 0 fully saturated rings. The van der Waals surface area contributed by atoms with E-state index in [4.69, 9.17) is 4.74 Å². The van der Waals surface area contributed by atoms with Gasteiger partial charge < -0.3 is 9.64 Å². The second-order valence-electron chi connectivity index (χ2n) is 6.56. The van der Waals surface area contributed by atoms with Gasteiger partial charge >= 0.3 is 0 Å². The number of nitrogens with zero attached hydrogens (tertiary/aromatic N) is 3. The Morgan fingerprint density at radius 1 is 1.38 bits per heavy atom. The molecule has 1 aromatic carbocycles. The van der Waals surface area contributed by atoms with Gasteiger partial charge in [0.2, 0.25) is 0 Å². The van der Waals surface area contributed by atoms with E-state index >= 15 is 0 Å². The van der Waals surface area contributed by atoms with E-state index in [1.54, 1.807) is 0 Å². The van der Waals surface area contributed by atoms with Gasteiger partial charge in [0.25, 0.3) is 5.91 Å². The van der Waals surface area contributed by atoms with Crippen molar-refractivity contribution in [2.45, 2.75) is 53.2 Å². The number of carbonyl (C=O) groups excluding carboxylic acids is 1. The zero-order valence-corrected chi connectivity index (χ0v) is 14.9. The molecule has 0 bridgehead atoms. The van der Waals surface area contributed by atoms with Crippen molar-refractivity contribution in [2.24, 2.45) is 0 Å². The number of benzene rings is 1. The molecule has 1 aromatic heterocycles. The lowest BCUT2D eigenvalue weighted by molar-refractivity contribution is 0.0960. The standard InChI is InChI=1S/C19H25N3O2/c1-5-6-9-21-12-16(15(4)20-21)19(23)22-11-14(3)24-18-10-13(2)7-8-17(18)22/h7-8,10,12,14H,5-6,9,11H2,1-4H3. The topological polar surface area (TPSA) is 47.4 Å². The summed E-state index contributed by atoms with van der Waals surface area (Å²) in [5, 5.41) is 4.49. The summed E-state index contributed by atoms with van der Waals surface area (Å²) in [4.78, 5) is 14.9. The van der Waals surface area contributed by atoms with Gasteiger partial charge in [-0.3, -0.25) is 9.48 Å². The van der Waals surface area contributed by atoms with Crippen LogP contribution < -0.4 is 9.64 Å². The van der Waals surface area contributed by atoms with Crippen LogP contribution in [0.5, 0.6) is 5.75 Å². The van der Waals surface area contributed by atoms with Crippen LogP contribution in [0.15, 0.2) is 24.4 Å². The summed E-state index contributed by atoms with van der Waals surface area (Å²) >= 11 is 0. The molecule has 128 valence electrons. The van der Waals surface area contributed by atoms with Crippen LogP contribution >= 0.6 is 0 Å². The number of amides is 1. The second kappa shape index (κ2) is 6.67. The minimum absolute atomic E-state index is 0.00417. The molecule has 1 aliphatic heterocycles. The molecule has 0 saturated heterocycles. The Hall–Kier alpha value is -2.30. The summed E-state index contributed by atoms with van der Waals surface area (Å²) in [6.45, 7) is 9.46. The lowest BCUT2D eigenvalue weighted by Crippen LogP contribution is -2.42. The molecule has 24 heavy (non-hydrogen) atoms. The van der Waals surface area contributed by atoms with E-state index in [0.717, 1.165) is 42.1 Å². The van der Waals surface area contributed by atoms with E-state index in [1.165, 1.54) is 0 Å². The predicted octanol–water partition coefficient (Wildman–Crippen LogP) is 3.73. The quantitative estimate of drug-likeness (QED) is 0.859. The Kier molecular flexibility index (Phi) is 4.60. The maximum atomic E-state index is 13.1. The third kappa shape index (κ3) is 3.16. The first-order chi connectivity index (χ1) is 11.5. The molecule has 1 unspecified atom stereocenters. The number of hydrogen-bond acceptors (Lipinski definition) is 3. The fourth-order valence-corrected chi connectivity index (χ4v) is 3.05. The Labute approximate surface area is 143 Å². The van der Waals surface area contributed by atoms with E-state index in [1.807, 2.05) is 54.7 Å². The van der Waals surface area contributed by atoms with Crippen LogP contribution in [0.1, 0.15) is 48.3 Å². The number of ether oxygens (including phenoxy) is 1. The third-order valence-electron chi connectivity index (χ3n) is 4.34. The fraction of sp³-hybridized carbons (Fsp3) is 0.474. The zero-order valence-electron chi connectivity index (χ0n) is 14.9. The van der Waals surface area contributed by atoms with Crippen LogP contribution in [-0.2, 0) is 6.54 Å². The summed E-state index contributed by atoms with van der Waals surface area (Å²) in [7, 11) is 0. The molecular weight excluding hydrogens is 302 g/mol. The van der Waals surface area contributed by atoms with Crippen molar-refractivity contribution in [3.05, 3.63) is 41.2 Å². The maximum absolute atomic E-state index is 13.1. The predicted molar refractivity (Wildman–Crippen MR) is 94.8 cm³/mol. The molecule has 0 aliphatic carbocycles. The summed E-state index contributed by atoms with van der Waals surface area (Å²) in [5.74, 6) is 0.772. The molecule has 0 radical (unpaired) electrons. The molecule has 1 amide bonds. The van der Waals surface area contributed by atoms with Crippen molar-refractivity contribution in [3.63, 3.8) is 0 Å². The Morgan fingerprint density at radius 2 is 2.17 bits per heavy atom. The first-order valence-corrected chi connectivity index (χ1v) is 8.62. The first kappa shape index (κ1) is 16.6. The molecule has 5 heteroatoms. The highest BCUT2D eigenvalue weighted by molar-refractivity contribution is 6.07. The van der Waals surface area contributed by atoms with Gasteiger partial charge in [-0.15, -0.1) is 0 Å². The van der Waals surface area contributed by atoms with Crippen LogP contribution in [0.3, 0.4) is 0 Å². The van der Waals surface area contributed by atoms with Gasteiger partial charge in [-0.05, 0) is 44.9 Å². The number of rotatable bonds is 4. The minimum atomic E-state index is -0.0290. The van der Waals surface area contributed by atoms with Crippen LogP contribution in [0, 0.1) is 13.8 Å². The average Bonchev–Trinajstić information content (AvgIpc) is 2.91. The monoisotopic (exact) mass is 327 g/mol. The molecule has 3 rings (SSSR count). The third-order valence-corrected chi connectivity index (χ3v) is 4.34. The minimum Gasteiger partial charge on any atom is -0.487 e. The number of unbranched alkanes of at least 4 members (excludes halogenated alkanes) is 1. The van der Waals surface area contributed by atoms with Crippen LogP contribution in [0.2, 0.25) is 0 Å². The first-order valence-electron chi connectivity index (χ1n) is 8.62. The van der Waals surface area contributed by atoms with Gasteiger partial charge in [0, 0.05) is 12.7 Å². The second-order valence-corrected chi connectivity index (χ2v) is 6.56. The fourth-order valence-electron chi connectivity index (χ4n) is 3.05. The van der Waals surface area contributed by atoms with Crippen molar-refractivity contribution >= 4 is 11.6 Å². The van der Waals surface area contributed by atoms with Gasteiger partial charge in [-0.1, -0.05) is 19.4 Å². The molecule has 2 aromatic rings. The molecule has 1 atom stereocenters. The van der Waals surface area contributed by atoms with Crippen molar-refractivity contribution in [3.8, 4) is 5.75 Å². The molecule has 0 spiro atoms. The number of aryl methyl sites for hydroxylation is 3. The number of hydrogen-bond donors (Lipinski definition) is 0. The highest BCUT2D eigenvalue weighted by Gasteiger charge is 2.30. The molecule has 5 nitrogen and oxygen atoms in total. The highest BCUT2D eigenvalue weighted by Crippen LogP contribution is 2.35. The van der Waals surface area contributed by atoms with E-state index < -0.39 is 0 Å². The summed E-state index contributed by atoms with van der Waals surface area (Å²) in [6.07, 6.45) is 4.02. The van der Waals surface area contributed by atoms with E-state index in [-0.39, 0.29) is 12.0 Å². The zero-order chi connectivity index (χ0) is 17.3. The van der Waals surface area contributed by atoms with E-state index in [0.29, 0.717) is 12.1 Å². The Balaban J connectivity index is 1.92. The van der Waals surface area contributed by atoms with Gasteiger partial charge in [0.1, 0.15) is 11.9 Å². The number of fused-ring (bicyclic) bond motifs is 1. The Morgan fingerprint density at radius 3 is 2.92 bits per heavy atom. The highest BCUT2D eigenvalue weighted by atomic mass is 16.5. The maximum Gasteiger partial charge on any atom is 0.261 e. The van der Waals surface area contributed by atoms with Gasteiger partial charge in [0.05, 0.1) is 23.5 Å². The SMILES string of the molecule is CCCCn1cc(C(=O)N2CC(C)Oc3cc(C)ccc32)c(C)n1. The smallest absolute Gasteiger partial charge is 0.261 e. The Bertz CT molecular complexity index is 751. The molecular formula is C19H25N3O2. The lowest BCUT2D eigenvalue weighted by Gasteiger charge is -2.33. The molecule has 0 N–H and O–H groups in total. The van der Waals surface area contributed by atoms with Crippen molar-refractivity contribution in [2.75, 3.05) is 11.4 Å². The normalized spacial score (nSPS) is 16.7. The summed E-state index contributed by atoms with van der Waals surface area (Å²) < 4.78 is 7.78. The molecule has 1 aliphatic rings. The van der Waals surface area contributed by atoms with Gasteiger partial charge in [-0.25, -0.2) is 0 Å². The van der Waals surface area contributed by atoms with E-state index in [9.17, 15) is 4.79 Å². The molecule has 2 heterocycles.